The molecule has 0 aromatic rings. The highest BCUT2D eigenvalue weighted by Gasteiger charge is 2.23. The number of halogens is 1. The summed E-state index contributed by atoms with van der Waals surface area (Å²) in [5, 5.41) is 9.98. The van der Waals surface area contributed by atoms with Gasteiger partial charge in [0.15, 0.2) is 5.96 Å². The van der Waals surface area contributed by atoms with E-state index in [2.05, 4.69) is 32.8 Å². The van der Waals surface area contributed by atoms with Crippen molar-refractivity contribution in [3.63, 3.8) is 0 Å². The Labute approximate surface area is 192 Å². The smallest absolute Gasteiger partial charge is 0.243 e. The van der Waals surface area contributed by atoms with Gasteiger partial charge in [-0.1, -0.05) is 19.8 Å². The van der Waals surface area contributed by atoms with Gasteiger partial charge in [-0.2, -0.15) is 0 Å². The number of likely N-dealkylation sites (N-methyl/N-ethyl adjacent to an activating group) is 1. The third kappa shape index (κ3) is 9.97. The van der Waals surface area contributed by atoms with Crippen LogP contribution in [0.25, 0.3) is 0 Å². The molecule has 1 saturated heterocycles. The normalized spacial score (nSPS) is 18.8. The van der Waals surface area contributed by atoms with Gasteiger partial charge in [-0.3, -0.25) is 14.5 Å². The summed E-state index contributed by atoms with van der Waals surface area (Å²) in [5.74, 6) is 0.863. The molecule has 2 rings (SSSR count). The molecule has 1 saturated carbocycles. The van der Waals surface area contributed by atoms with Gasteiger partial charge in [-0.25, -0.2) is 4.99 Å². The van der Waals surface area contributed by atoms with E-state index in [0.717, 1.165) is 57.7 Å². The minimum Gasteiger partial charge on any atom is -0.355 e. The Hall–Kier alpha value is -1.10. The molecule has 0 unspecified atom stereocenters. The summed E-state index contributed by atoms with van der Waals surface area (Å²) in [5.41, 5.74) is 0. The summed E-state index contributed by atoms with van der Waals surface area (Å²) in [6.07, 6.45) is 7.72. The minimum absolute atomic E-state index is 0. The van der Waals surface area contributed by atoms with Crippen molar-refractivity contribution in [2.45, 2.75) is 64.0 Å². The Bertz CT molecular complexity index is 529. The monoisotopic (exact) mass is 522 g/mol. The van der Waals surface area contributed by atoms with E-state index in [0.29, 0.717) is 18.6 Å². The first kappa shape index (κ1) is 25.9. The molecule has 3 N–H and O–H groups in total. The average molecular weight is 522 g/mol. The van der Waals surface area contributed by atoms with Crippen molar-refractivity contribution in [2.75, 3.05) is 46.8 Å². The number of amides is 2. The van der Waals surface area contributed by atoms with Crippen molar-refractivity contribution in [2.24, 2.45) is 4.99 Å². The van der Waals surface area contributed by atoms with Crippen LogP contribution in [0.2, 0.25) is 0 Å². The van der Waals surface area contributed by atoms with Crippen LogP contribution in [0, 0.1) is 0 Å². The Morgan fingerprint density at radius 1 is 1.03 bits per heavy atom. The van der Waals surface area contributed by atoms with Crippen LogP contribution in [0.15, 0.2) is 4.99 Å². The minimum atomic E-state index is 0. The van der Waals surface area contributed by atoms with Gasteiger partial charge in [0.05, 0.1) is 6.54 Å². The fraction of sp³-hybridized carbons (Fsp3) is 0.850. The molecule has 0 radical (unpaired) electrons. The largest absolute Gasteiger partial charge is 0.355 e. The molecule has 1 aliphatic carbocycles. The first-order valence-corrected chi connectivity index (χ1v) is 10.7. The van der Waals surface area contributed by atoms with Crippen LogP contribution in [0.1, 0.15) is 51.9 Å². The van der Waals surface area contributed by atoms with E-state index in [1.54, 1.807) is 19.0 Å². The maximum atomic E-state index is 11.9. The number of carbonyl (C=O) groups is 2. The zero-order valence-electron chi connectivity index (χ0n) is 18.2. The highest BCUT2D eigenvalue weighted by atomic mass is 127. The SMILES string of the molecule is CCCNC(=O)CN1CCC(NC(=NCC(=O)N(C)C)NC2CCCC2)CC1.I. The van der Waals surface area contributed by atoms with Crippen LogP contribution in [-0.4, -0.2) is 86.5 Å². The molecule has 0 atom stereocenters. The molecule has 2 fully saturated rings. The third-order valence-electron chi connectivity index (χ3n) is 5.44. The van der Waals surface area contributed by atoms with Crippen molar-refractivity contribution in [1.82, 2.24) is 25.8 Å². The molecule has 0 aromatic carbocycles. The Morgan fingerprint density at radius 3 is 2.17 bits per heavy atom. The molecule has 1 heterocycles. The van der Waals surface area contributed by atoms with E-state index in [-0.39, 0.29) is 42.3 Å². The van der Waals surface area contributed by atoms with Crippen LogP contribution in [-0.2, 0) is 9.59 Å². The standard InChI is InChI=1S/C20H38N6O2.HI/c1-4-11-21-18(27)15-26-12-9-17(10-13-26)24-20(22-14-19(28)25(2)3)23-16-7-5-6-8-16;/h16-17H,4-15H2,1-3H3,(H,21,27)(H2,22,23,24);1H. The predicted molar refractivity (Wildman–Crippen MR) is 128 cm³/mol. The second-order valence-electron chi connectivity index (χ2n) is 8.12. The summed E-state index contributed by atoms with van der Waals surface area (Å²) < 4.78 is 0. The van der Waals surface area contributed by atoms with Gasteiger partial charge in [-0.15, -0.1) is 24.0 Å². The van der Waals surface area contributed by atoms with Gasteiger partial charge in [0.25, 0.3) is 0 Å². The van der Waals surface area contributed by atoms with Crippen molar-refractivity contribution >= 4 is 41.8 Å². The fourth-order valence-corrected chi connectivity index (χ4v) is 3.64. The van der Waals surface area contributed by atoms with Crippen molar-refractivity contribution in [1.29, 1.82) is 0 Å². The van der Waals surface area contributed by atoms with E-state index in [9.17, 15) is 9.59 Å². The van der Waals surface area contributed by atoms with Crippen LogP contribution < -0.4 is 16.0 Å². The Morgan fingerprint density at radius 2 is 1.62 bits per heavy atom. The lowest BCUT2D eigenvalue weighted by Crippen LogP contribution is -2.51. The number of hydrogen-bond donors (Lipinski definition) is 3. The molecule has 0 bridgehead atoms. The lowest BCUT2D eigenvalue weighted by molar-refractivity contribution is -0.127. The number of hydrogen-bond acceptors (Lipinski definition) is 4. The molecule has 8 nitrogen and oxygen atoms in total. The topological polar surface area (TPSA) is 89.1 Å². The number of nitrogens with one attached hydrogen (secondary N) is 3. The summed E-state index contributed by atoms with van der Waals surface area (Å²) in [6, 6.07) is 0.764. The van der Waals surface area contributed by atoms with Crippen LogP contribution in [0.5, 0.6) is 0 Å². The molecular weight excluding hydrogens is 483 g/mol. The Kier molecular flexibility index (Phi) is 12.5. The van der Waals surface area contributed by atoms with Gasteiger partial charge in [-0.05, 0) is 32.1 Å². The van der Waals surface area contributed by atoms with Gasteiger partial charge in [0.2, 0.25) is 11.8 Å². The molecule has 9 heteroatoms. The predicted octanol–water partition coefficient (Wildman–Crippen LogP) is 1.16. The number of nitrogens with zero attached hydrogens (tertiary/aromatic N) is 3. The fourth-order valence-electron chi connectivity index (χ4n) is 3.64. The van der Waals surface area contributed by atoms with Gasteiger partial charge >= 0.3 is 0 Å². The maximum absolute atomic E-state index is 11.9. The van der Waals surface area contributed by atoms with Crippen LogP contribution in [0.4, 0.5) is 0 Å². The highest BCUT2D eigenvalue weighted by Crippen LogP contribution is 2.17. The average Bonchev–Trinajstić information content (AvgIpc) is 3.18. The number of likely N-dealkylation sites (tertiary alicyclic amines) is 1. The maximum Gasteiger partial charge on any atom is 0.243 e. The van der Waals surface area contributed by atoms with E-state index >= 15 is 0 Å². The molecule has 0 aromatic heterocycles. The summed E-state index contributed by atoms with van der Waals surface area (Å²) >= 11 is 0. The zero-order valence-corrected chi connectivity index (χ0v) is 20.5. The molecule has 2 aliphatic rings. The molecule has 29 heavy (non-hydrogen) atoms. The highest BCUT2D eigenvalue weighted by molar-refractivity contribution is 14.0. The first-order chi connectivity index (χ1) is 13.5. The van der Waals surface area contributed by atoms with E-state index in [1.165, 1.54) is 12.8 Å². The number of guanidine groups is 1. The number of piperidine rings is 1. The summed E-state index contributed by atoms with van der Waals surface area (Å²) in [6.45, 7) is 5.23. The number of rotatable bonds is 8. The summed E-state index contributed by atoms with van der Waals surface area (Å²) in [4.78, 5) is 32.1. The molecular formula is C20H39IN6O2. The first-order valence-electron chi connectivity index (χ1n) is 10.7. The van der Waals surface area contributed by atoms with Crippen LogP contribution >= 0.6 is 24.0 Å². The third-order valence-corrected chi connectivity index (χ3v) is 5.44. The Balaban J connectivity index is 0.00000420. The van der Waals surface area contributed by atoms with E-state index in [4.69, 9.17) is 0 Å². The lowest BCUT2D eigenvalue weighted by Gasteiger charge is -2.33. The second-order valence-corrected chi connectivity index (χ2v) is 8.12. The molecule has 0 spiro atoms. The molecule has 1 aliphatic heterocycles. The number of carbonyl (C=O) groups excluding carboxylic acids is 2. The van der Waals surface area contributed by atoms with Crippen molar-refractivity contribution in [3.8, 4) is 0 Å². The van der Waals surface area contributed by atoms with Crippen molar-refractivity contribution < 1.29 is 9.59 Å². The van der Waals surface area contributed by atoms with Gasteiger partial charge in [0, 0.05) is 45.8 Å². The zero-order chi connectivity index (χ0) is 20.4. The van der Waals surface area contributed by atoms with Crippen molar-refractivity contribution in [3.05, 3.63) is 0 Å². The second kappa shape index (κ2) is 14.0. The lowest BCUT2D eigenvalue weighted by atomic mass is 10.1. The van der Waals surface area contributed by atoms with E-state index in [1.807, 2.05) is 0 Å². The van der Waals surface area contributed by atoms with Gasteiger partial charge < -0.3 is 20.9 Å². The van der Waals surface area contributed by atoms with E-state index < -0.39 is 0 Å². The molecule has 168 valence electrons. The molecule has 2 amide bonds. The van der Waals surface area contributed by atoms with Crippen LogP contribution in [0.3, 0.4) is 0 Å². The quantitative estimate of drug-likeness (QED) is 0.253. The van der Waals surface area contributed by atoms with Gasteiger partial charge in [0.1, 0.15) is 6.54 Å². The summed E-state index contributed by atoms with van der Waals surface area (Å²) in [7, 11) is 3.50. The number of aliphatic imine (C=N–C) groups is 1.